The molecule has 1 saturated heterocycles. The van der Waals surface area contributed by atoms with Gasteiger partial charge in [0.15, 0.2) is 5.11 Å². The van der Waals surface area contributed by atoms with E-state index in [0.29, 0.717) is 16.6 Å². The van der Waals surface area contributed by atoms with E-state index in [0.717, 1.165) is 34.0 Å². The summed E-state index contributed by atoms with van der Waals surface area (Å²) in [5.74, 6) is 0.342. The van der Waals surface area contributed by atoms with Crippen molar-refractivity contribution >= 4 is 29.0 Å². The van der Waals surface area contributed by atoms with Gasteiger partial charge >= 0.3 is 5.97 Å². The first-order valence-corrected chi connectivity index (χ1v) is 12.5. The minimum atomic E-state index is -0.965. The smallest absolute Gasteiger partial charge is 0.335 e. The molecular weight excluding hydrogens is 500 g/mol. The lowest BCUT2D eigenvalue weighted by Gasteiger charge is -2.29. The minimum absolute atomic E-state index is 0.233. The molecule has 0 spiro atoms. The standard InChI is InChI=1S/C29H28N4O4S/c1-17-14-22(18(2)32(17)20-9-7-8-19(15-20)28(34)35)27-26(23-10-5-6-13-30-23)31-29(38)33(27)24-12-11-21(36-3)16-25(24)37-4/h5-16,26-27H,1-4H3,(H,31,38)(H,34,35). The monoisotopic (exact) mass is 528 g/mol. The first-order valence-electron chi connectivity index (χ1n) is 12.1. The molecular formula is C29H28N4O4S. The number of carbonyl (C=O) groups is 1. The van der Waals surface area contributed by atoms with Crippen LogP contribution in [0.4, 0.5) is 5.69 Å². The van der Waals surface area contributed by atoms with Crippen LogP contribution in [0.1, 0.15) is 45.1 Å². The molecule has 0 radical (unpaired) electrons. The lowest BCUT2D eigenvalue weighted by Crippen LogP contribution is -2.30. The molecule has 0 bridgehead atoms. The summed E-state index contributed by atoms with van der Waals surface area (Å²) in [4.78, 5) is 18.4. The van der Waals surface area contributed by atoms with Crippen molar-refractivity contribution in [1.29, 1.82) is 0 Å². The summed E-state index contributed by atoms with van der Waals surface area (Å²) in [6, 6.07) is 20.1. The Morgan fingerprint density at radius 3 is 2.53 bits per heavy atom. The van der Waals surface area contributed by atoms with Gasteiger partial charge in [-0.25, -0.2) is 4.79 Å². The van der Waals surface area contributed by atoms with E-state index in [1.807, 2.05) is 56.3 Å². The van der Waals surface area contributed by atoms with E-state index >= 15 is 0 Å². The van der Waals surface area contributed by atoms with Crippen LogP contribution in [0.5, 0.6) is 11.5 Å². The SMILES string of the molecule is COc1ccc(N2C(=S)NC(c3ccccn3)C2c2cc(C)n(-c3cccc(C(=O)O)c3)c2C)c(OC)c1. The highest BCUT2D eigenvalue weighted by molar-refractivity contribution is 7.80. The number of hydrogen-bond donors (Lipinski definition) is 2. The van der Waals surface area contributed by atoms with E-state index in [1.54, 1.807) is 38.6 Å². The predicted octanol–water partition coefficient (Wildman–Crippen LogP) is 5.38. The van der Waals surface area contributed by atoms with Gasteiger partial charge in [0.05, 0.1) is 43.2 Å². The van der Waals surface area contributed by atoms with Gasteiger partial charge in [-0.3, -0.25) is 4.98 Å². The van der Waals surface area contributed by atoms with Gasteiger partial charge in [-0.05, 0) is 80.2 Å². The molecule has 0 saturated carbocycles. The molecule has 1 fully saturated rings. The van der Waals surface area contributed by atoms with Crippen LogP contribution in [0.3, 0.4) is 0 Å². The van der Waals surface area contributed by atoms with Crippen LogP contribution >= 0.6 is 12.2 Å². The highest BCUT2D eigenvalue weighted by Gasteiger charge is 2.43. The number of carboxylic acids is 1. The van der Waals surface area contributed by atoms with Gasteiger partial charge < -0.3 is 29.4 Å². The Kier molecular flexibility index (Phi) is 6.77. The first kappa shape index (κ1) is 25.3. The number of hydrogen-bond acceptors (Lipinski definition) is 5. The van der Waals surface area contributed by atoms with Crippen molar-refractivity contribution in [2.45, 2.75) is 25.9 Å². The summed E-state index contributed by atoms with van der Waals surface area (Å²) < 4.78 is 13.2. The minimum Gasteiger partial charge on any atom is -0.497 e. The lowest BCUT2D eigenvalue weighted by atomic mass is 9.96. The van der Waals surface area contributed by atoms with Crippen LogP contribution in [-0.4, -0.2) is 40.0 Å². The van der Waals surface area contributed by atoms with Crippen molar-refractivity contribution in [1.82, 2.24) is 14.9 Å². The summed E-state index contributed by atoms with van der Waals surface area (Å²) in [5, 5.41) is 13.6. The van der Waals surface area contributed by atoms with Gasteiger partial charge in [0, 0.05) is 29.3 Å². The molecule has 4 aromatic rings. The Balaban J connectivity index is 1.70. The van der Waals surface area contributed by atoms with Crippen molar-refractivity contribution in [3.8, 4) is 17.2 Å². The number of anilines is 1. The topological polar surface area (TPSA) is 88.9 Å². The zero-order valence-corrected chi connectivity index (χ0v) is 22.3. The van der Waals surface area contributed by atoms with Gasteiger partial charge in [-0.15, -0.1) is 0 Å². The van der Waals surface area contributed by atoms with Crippen molar-refractivity contribution < 1.29 is 19.4 Å². The Labute approximate surface area is 226 Å². The predicted molar refractivity (Wildman–Crippen MR) is 150 cm³/mol. The molecule has 3 heterocycles. The maximum atomic E-state index is 11.6. The normalized spacial score (nSPS) is 16.8. The molecule has 0 amide bonds. The average molecular weight is 529 g/mol. The van der Waals surface area contributed by atoms with Crippen LogP contribution in [0, 0.1) is 13.8 Å². The number of methoxy groups -OCH3 is 2. The molecule has 2 N–H and O–H groups in total. The first-order chi connectivity index (χ1) is 18.3. The van der Waals surface area contributed by atoms with E-state index in [1.165, 1.54) is 0 Å². The van der Waals surface area contributed by atoms with Gasteiger partial charge in [0.2, 0.25) is 0 Å². The average Bonchev–Trinajstić information content (AvgIpc) is 3.43. The summed E-state index contributed by atoms with van der Waals surface area (Å²) in [6.45, 7) is 4.05. The number of carboxylic acid groups (broad SMARTS) is 1. The largest absolute Gasteiger partial charge is 0.497 e. The molecule has 1 aliphatic heterocycles. The Hall–Kier alpha value is -4.37. The van der Waals surface area contributed by atoms with Crippen molar-refractivity contribution in [2.24, 2.45) is 0 Å². The molecule has 2 atom stereocenters. The van der Waals surface area contributed by atoms with E-state index in [2.05, 4.69) is 25.8 Å². The Bertz CT molecular complexity index is 1520. The summed E-state index contributed by atoms with van der Waals surface area (Å²) in [5.41, 5.74) is 5.64. The van der Waals surface area contributed by atoms with Crippen LogP contribution in [-0.2, 0) is 0 Å². The van der Waals surface area contributed by atoms with Crippen LogP contribution in [0.25, 0.3) is 5.69 Å². The molecule has 2 aromatic heterocycles. The highest BCUT2D eigenvalue weighted by atomic mass is 32.1. The number of nitrogens with one attached hydrogen (secondary N) is 1. The van der Waals surface area contributed by atoms with Crippen LogP contribution in [0.15, 0.2) is 72.9 Å². The molecule has 0 aliphatic carbocycles. The number of aromatic nitrogens is 2. The van der Waals surface area contributed by atoms with Crippen LogP contribution in [0.2, 0.25) is 0 Å². The van der Waals surface area contributed by atoms with Gasteiger partial charge in [0.1, 0.15) is 11.5 Å². The summed E-state index contributed by atoms with van der Waals surface area (Å²) in [6.07, 6.45) is 1.77. The molecule has 9 heteroatoms. The second-order valence-corrected chi connectivity index (χ2v) is 9.44. The third-order valence-electron chi connectivity index (χ3n) is 6.88. The summed E-state index contributed by atoms with van der Waals surface area (Å²) in [7, 11) is 3.24. The van der Waals surface area contributed by atoms with E-state index in [4.69, 9.17) is 21.7 Å². The molecule has 194 valence electrons. The van der Waals surface area contributed by atoms with Crippen molar-refractivity contribution in [3.05, 3.63) is 101 Å². The van der Waals surface area contributed by atoms with E-state index in [9.17, 15) is 9.90 Å². The third kappa shape index (κ3) is 4.35. The van der Waals surface area contributed by atoms with Crippen molar-refractivity contribution in [3.63, 3.8) is 0 Å². The Morgan fingerprint density at radius 2 is 1.84 bits per heavy atom. The maximum absolute atomic E-state index is 11.6. The molecule has 1 aliphatic rings. The van der Waals surface area contributed by atoms with Gasteiger partial charge in [-0.2, -0.15) is 0 Å². The highest BCUT2D eigenvalue weighted by Crippen LogP contribution is 2.46. The number of ether oxygens (including phenoxy) is 2. The number of nitrogens with zero attached hydrogens (tertiary/aromatic N) is 3. The van der Waals surface area contributed by atoms with Crippen molar-refractivity contribution in [2.75, 3.05) is 19.1 Å². The Morgan fingerprint density at radius 1 is 1.03 bits per heavy atom. The fraction of sp³-hybridized carbons (Fsp3) is 0.207. The molecule has 2 unspecified atom stereocenters. The molecule has 5 rings (SSSR count). The molecule has 2 aromatic carbocycles. The molecule has 8 nitrogen and oxygen atoms in total. The number of aryl methyl sites for hydroxylation is 1. The number of benzene rings is 2. The van der Waals surface area contributed by atoms with Gasteiger partial charge in [-0.1, -0.05) is 12.1 Å². The number of aromatic carboxylic acids is 1. The quantitative estimate of drug-likeness (QED) is 0.309. The fourth-order valence-electron chi connectivity index (χ4n) is 5.18. The van der Waals surface area contributed by atoms with E-state index in [-0.39, 0.29) is 17.6 Å². The third-order valence-corrected chi connectivity index (χ3v) is 7.20. The van der Waals surface area contributed by atoms with Crippen LogP contribution < -0.4 is 19.7 Å². The zero-order chi connectivity index (χ0) is 27.0. The van der Waals surface area contributed by atoms with Gasteiger partial charge in [0.25, 0.3) is 0 Å². The number of rotatable bonds is 7. The molecule has 38 heavy (non-hydrogen) atoms. The fourth-order valence-corrected chi connectivity index (χ4v) is 5.52. The second kappa shape index (κ2) is 10.2. The van der Waals surface area contributed by atoms with E-state index < -0.39 is 5.97 Å². The summed E-state index contributed by atoms with van der Waals surface area (Å²) >= 11 is 5.90. The number of thiocarbonyl (C=S) groups is 1. The zero-order valence-electron chi connectivity index (χ0n) is 21.5. The second-order valence-electron chi connectivity index (χ2n) is 9.05. The lowest BCUT2D eigenvalue weighted by molar-refractivity contribution is 0.0697. The maximum Gasteiger partial charge on any atom is 0.335 e. The number of pyridine rings is 1.